The molecule has 0 heterocycles. The summed E-state index contributed by atoms with van der Waals surface area (Å²) in [6, 6.07) is 14.5. The van der Waals surface area contributed by atoms with Gasteiger partial charge in [-0.3, -0.25) is 9.59 Å². The van der Waals surface area contributed by atoms with Gasteiger partial charge in [0, 0.05) is 24.5 Å². The lowest BCUT2D eigenvalue weighted by molar-refractivity contribution is -0.140. The monoisotopic (exact) mass is 416 g/mol. The summed E-state index contributed by atoms with van der Waals surface area (Å²) in [5.41, 5.74) is 2.13. The van der Waals surface area contributed by atoms with Gasteiger partial charge in [-0.2, -0.15) is 0 Å². The topological polar surface area (TPSA) is 58.6 Å². The molecule has 0 saturated heterocycles. The first-order valence-corrected chi connectivity index (χ1v) is 10.3. The van der Waals surface area contributed by atoms with E-state index in [1.165, 1.54) is 0 Å². The lowest BCUT2D eigenvalue weighted by atomic mass is 10.1. The highest BCUT2D eigenvalue weighted by molar-refractivity contribution is 6.30. The van der Waals surface area contributed by atoms with Gasteiger partial charge in [0.1, 0.15) is 11.8 Å². The number of nitrogens with one attached hydrogen (secondary N) is 1. The van der Waals surface area contributed by atoms with E-state index in [-0.39, 0.29) is 11.8 Å². The molecule has 0 aromatic heterocycles. The van der Waals surface area contributed by atoms with Gasteiger partial charge in [0.25, 0.3) is 0 Å². The molecule has 0 bridgehead atoms. The van der Waals surface area contributed by atoms with E-state index in [4.69, 9.17) is 16.3 Å². The summed E-state index contributed by atoms with van der Waals surface area (Å²) in [5, 5.41) is 3.46. The number of carbonyl (C=O) groups is 2. The van der Waals surface area contributed by atoms with Crippen LogP contribution in [0.4, 0.5) is 0 Å². The van der Waals surface area contributed by atoms with Crippen LogP contribution in [-0.2, 0) is 16.1 Å². The number of nitrogens with zero attached hydrogens (tertiary/aromatic N) is 1. The van der Waals surface area contributed by atoms with Crippen LogP contribution in [0.1, 0.15) is 37.8 Å². The molecule has 5 nitrogen and oxygen atoms in total. The van der Waals surface area contributed by atoms with Gasteiger partial charge in [0.05, 0.1) is 6.61 Å². The Morgan fingerprint density at radius 2 is 1.83 bits per heavy atom. The number of rotatable bonds is 10. The predicted molar refractivity (Wildman–Crippen MR) is 116 cm³/mol. The Balaban J connectivity index is 1.98. The molecule has 2 aromatic carbocycles. The maximum Gasteiger partial charge on any atom is 0.242 e. The lowest BCUT2D eigenvalue weighted by Crippen LogP contribution is -2.47. The van der Waals surface area contributed by atoms with Gasteiger partial charge >= 0.3 is 0 Å². The zero-order valence-electron chi connectivity index (χ0n) is 17.3. The quantitative estimate of drug-likeness (QED) is 0.585. The Morgan fingerprint density at radius 1 is 1.14 bits per heavy atom. The molecule has 0 radical (unpaired) electrons. The normalized spacial score (nSPS) is 11.6. The van der Waals surface area contributed by atoms with Gasteiger partial charge in [-0.1, -0.05) is 35.9 Å². The zero-order chi connectivity index (χ0) is 21.2. The molecule has 1 N–H and O–H groups in total. The van der Waals surface area contributed by atoms with Crippen molar-refractivity contribution in [2.45, 2.75) is 46.2 Å². The molecular formula is C23H29ClN2O3. The summed E-state index contributed by atoms with van der Waals surface area (Å²) in [5.74, 6) is 0.507. The minimum atomic E-state index is -0.542. The number of carbonyl (C=O) groups excluding carboxylic acids is 2. The SMILES string of the molecule is CCNC(=O)[C@@H](C)N(Cc1ccccc1C)C(=O)CCCOc1ccc(Cl)cc1. The average molecular weight is 417 g/mol. The van der Waals surface area contributed by atoms with Crippen molar-refractivity contribution in [1.29, 1.82) is 0 Å². The van der Waals surface area contributed by atoms with Crippen LogP contribution in [-0.4, -0.2) is 35.9 Å². The second kappa shape index (κ2) is 11.5. The molecule has 6 heteroatoms. The van der Waals surface area contributed by atoms with Crippen molar-refractivity contribution in [3.63, 3.8) is 0 Å². The van der Waals surface area contributed by atoms with Crippen LogP contribution >= 0.6 is 11.6 Å². The molecule has 2 aromatic rings. The van der Waals surface area contributed by atoms with Crippen molar-refractivity contribution < 1.29 is 14.3 Å². The highest BCUT2D eigenvalue weighted by atomic mass is 35.5. The van der Waals surface area contributed by atoms with E-state index in [1.54, 1.807) is 36.1 Å². The summed E-state index contributed by atoms with van der Waals surface area (Å²) in [6.45, 7) is 7.00. The maximum atomic E-state index is 12.9. The van der Waals surface area contributed by atoms with Crippen LogP contribution in [0.25, 0.3) is 0 Å². The Hall–Kier alpha value is -2.53. The van der Waals surface area contributed by atoms with Crippen LogP contribution in [0.5, 0.6) is 5.75 Å². The predicted octanol–water partition coefficient (Wildman–Crippen LogP) is 4.36. The minimum Gasteiger partial charge on any atom is -0.494 e. The highest BCUT2D eigenvalue weighted by Crippen LogP contribution is 2.17. The van der Waals surface area contributed by atoms with Gasteiger partial charge in [0.2, 0.25) is 11.8 Å². The lowest BCUT2D eigenvalue weighted by Gasteiger charge is -2.29. The first kappa shape index (κ1) is 22.8. The second-order valence-corrected chi connectivity index (χ2v) is 7.36. The molecule has 2 amide bonds. The fourth-order valence-corrected chi connectivity index (χ4v) is 3.09. The van der Waals surface area contributed by atoms with Crippen LogP contribution in [0.3, 0.4) is 0 Å². The smallest absolute Gasteiger partial charge is 0.242 e. The van der Waals surface area contributed by atoms with Crippen LogP contribution in [0.2, 0.25) is 5.02 Å². The molecule has 0 aliphatic heterocycles. The number of benzene rings is 2. The van der Waals surface area contributed by atoms with E-state index < -0.39 is 6.04 Å². The van der Waals surface area contributed by atoms with Gasteiger partial charge in [0.15, 0.2) is 0 Å². The third-order valence-electron chi connectivity index (χ3n) is 4.74. The maximum absolute atomic E-state index is 12.9. The van der Waals surface area contributed by atoms with E-state index in [0.29, 0.717) is 43.3 Å². The molecule has 0 spiro atoms. The Labute approximate surface area is 178 Å². The molecule has 0 saturated carbocycles. The van der Waals surface area contributed by atoms with E-state index in [0.717, 1.165) is 11.1 Å². The molecule has 2 rings (SSSR count). The Bertz CT molecular complexity index is 808. The van der Waals surface area contributed by atoms with Crippen molar-refractivity contribution in [2.75, 3.05) is 13.2 Å². The fraction of sp³-hybridized carbons (Fsp3) is 0.391. The van der Waals surface area contributed by atoms with Gasteiger partial charge < -0.3 is 15.0 Å². The first-order valence-electron chi connectivity index (χ1n) is 9.92. The summed E-state index contributed by atoms with van der Waals surface area (Å²) in [4.78, 5) is 27.0. The largest absolute Gasteiger partial charge is 0.494 e. The summed E-state index contributed by atoms with van der Waals surface area (Å²) in [6.07, 6.45) is 0.872. The molecule has 1 atom stereocenters. The first-order chi connectivity index (χ1) is 13.9. The van der Waals surface area contributed by atoms with E-state index in [1.807, 2.05) is 38.1 Å². The molecular weight excluding hydrogens is 388 g/mol. The number of hydrogen-bond donors (Lipinski definition) is 1. The highest BCUT2D eigenvalue weighted by Gasteiger charge is 2.25. The molecule has 156 valence electrons. The summed E-state index contributed by atoms with van der Waals surface area (Å²) < 4.78 is 5.67. The van der Waals surface area contributed by atoms with Gasteiger partial charge in [-0.25, -0.2) is 0 Å². The summed E-state index contributed by atoms with van der Waals surface area (Å²) >= 11 is 5.87. The summed E-state index contributed by atoms with van der Waals surface area (Å²) in [7, 11) is 0. The number of amides is 2. The molecule has 0 unspecified atom stereocenters. The molecule has 29 heavy (non-hydrogen) atoms. The number of aryl methyl sites for hydroxylation is 1. The van der Waals surface area contributed by atoms with Crippen molar-refractivity contribution in [3.05, 3.63) is 64.7 Å². The minimum absolute atomic E-state index is 0.0632. The third kappa shape index (κ3) is 7.09. The molecule has 0 fully saturated rings. The third-order valence-corrected chi connectivity index (χ3v) is 4.99. The average Bonchev–Trinajstić information content (AvgIpc) is 2.71. The van der Waals surface area contributed by atoms with E-state index in [9.17, 15) is 9.59 Å². The van der Waals surface area contributed by atoms with E-state index in [2.05, 4.69) is 5.32 Å². The number of ether oxygens (including phenoxy) is 1. The van der Waals surface area contributed by atoms with Crippen LogP contribution < -0.4 is 10.1 Å². The molecule has 0 aliphatic carbocycles. The zero-order valence-corrected chi connectivity index (χ0v) is 18.0. The van der Waals surface area contributed by atoms with Gasteiger partial charge in [-0.05, 0) is 62.6 Å². The van der Waals surface area contributed by atoms with E-state index >= 15 is 0 Å². The fourth-order valence-electron chi connectivity index (χ4n) is 2.96. The number of likely N-dealkylation sites (N-methyl/N-ethyl adjacent to an activating group) is 1. The van der Waals surface area contributed by atoms with Crippen molar-refractivity contribution in [3.8, 4) is 5.75 Å². The van der Waals surface area contributed by atoms with Crippen LogP contribution in [0.15, 0.2) is 48.5 Å². The van der Waals surface area contributed by atoms with Gasteiger partial charge in [-0.15, -0.1) is 0 Å². The number of halogens is 1. The standard InChI is InChI=1S/C23H29ClN2O3/c1-4-25-23(28)18(3)26(16-19-9-6-5-8-17(19)2)22(27)10-7-15-29-21-13-11-20(24)12-14-21/h5-6,8-9,11-14,18H,4,7,10,15-16H2,1-3H3,(H,25,28)/t18-/m1/s1. The van der Waals surface area contributed by atoms with Crippen molar-refractivity contribution in [1.82, 2.24) is 10.2 Å². The number of hydrogen-bond acceptors (Lipinski definition) is 3. The second-order valence-electron chi connectivity index (χ2n) is 6.92. The van der Waals surface area contributed by atoms with Crippen molar-refractivity contribution in [2.24, 2.45) is 0 Å². The van der Waals surface area contributed by atoms with Crippen LogP contribution in [0, 0.1) is 6.92 Å². The van der Waals surface area contributed by atoms with Crippen molar-refractivity contribution >= 4 is 23.4 Å². The Kier molecular flexibility index (Phi) is 9.00. The molecule has 0 aliphatic rings. The Morgan fingerprint density at radius 3 is 2.48 bits per heavy atom.